The number of nitrogens with one attached hydrogen (secondary N) is 1. The Bertz CT molecular complexity index is 942. The van der Waals surface area contributed by atoms with Crippen molar-refractivity contribution >= 4 is 29.2 Å². The van der Waals surface area contributed by atoms with E-state index in [9.17, 15) is 0 Å². The van der Waals surface area contributed by atoms with Crippen molar-refractivity contribution in [3.8, 4) is 0 Å². The van der Waals surface area contributed by atoms with E-state index < -0.39 is 0 Å². The van der Waals surface area contributed by atoms with Gasteiger partial charge in [0, 0.05) is 27.0 Å². The Morgan fingerprint density at radius 3 is 2.04 bits per heavy atom. The van der Waals surface area contributed by atoms with Crippen LogP contribution < -0.4 is 5.32 Å². The first-order chi connectivity index (χ1) is 13.2. The summed E-state index contributed by atoms with van der Waals surface area (Å²) in [5, 5.41) is 3.90. The molecule has 136 valence electrons. The second-order valence-electron chi connectivity index (χ2n) is 7.67. The van der Waals surface area contributed by atoms with Crippen molar-refractivity contribution < 1.29 is 0 Å². The minimum Gasteiger partial charge on any atom is -0.378 e. The minimum atomic E-state index is 0.000203. The number of thioether (sulfide) groups is 2. The van der Waals surface area contributed by atoms with Crippen LogP contribution in [-0.4, -0.2) is 0 Å². The van der Waals surface area contributed by atoms with Gasteiger partial charge in [-0.25, -0.2) is 0 Å². The Kier molecular flexibility index (Phi) is 4.25. The fourth-order valence-corrected chi connectivity index (χ4v) is 8.46. The second kappa shape index (κ2) is 6.65. The molecule has 0 saturated heterocycles. The van der Waals surface area contributed by atoms with Gasteiger partial charge in [0.15, 0.2) is 0 Å². The molecule has 3 aromatic carbocycles. The molecule has 3 heteroatoms. The summed E-state index contributed by atoms with van der Waals surface area (Å²) in [6.07, 6.45) is 0. The average Bonchev–Trinajstić information content (AvgIpc) is 3.07. The quantitative estimate of drug-likeness (QED) is 0.499. The van der Waals surface area contributed by atoms with E-state index in [2.05, 4.69) is 122 Å². The highest BCUT2D eigenvalue weighted by Crippen LogP contribution is 2.70. The van der Waals surface area contributed by atoms with Crippen molar-refractivity contribution in [2.75, 3.05) is 5.32 Å². The molecule has 3 aromatic rings. The zero-order valence-corrected chi connectivity index (χ0v) is 17.2. The van der Waals surface area contributed by atoms with Gasteiger partial charge in [-0.2, -0.15) is 0 Å². The molecule has 2 heterocycles. The van der Waals surface area contributed by atoms with E-state index in [-0.39, 0.29) is 4.08 Å². The van der Waals surface area contributed by atoms with Gasteiger partial charge in [-0.1, -0.05) is 74.5 Å². The lowest BCUT2D eigenvalue weighted by atomic mass is 9.76. The van der Waals surface area contributed by atoms with Gasteiger partial charge in [-0.15, -0.1) is 23.5 Å². The lowest BCUT2D eigenvalue weighted by molar-refractivity contribution is 0.303. The first-order valence-corrected chi connectivity index (χ1v) is 11.2. The lowest BCUT2D eigenvalue weighted by Crippen LogP contribution is -2.42. The summed E-state index contributed by atoms with van der Waals surface area (Å²) in [5.41, 5.74) is 4.08. The first kappa shape index (κ1) is 17.3. The Hall–Kier alpha value is -1.84. The van der Waals surface area contributed by atoms with Crippen molar-refractivity contribution in [2.45, 2.75) is 33.8 Å². The van der Waals surface area contributed by atoms with Gasteiger partial charge in [0.1, 0.15) is 4.08 Å². The normalized spacial score (nSPS) is 22.3. The Labute approximate surface area is 170 Å². The van der Waals surface area contributed by atoms with Crippen LogP contribution >= 0.6 is 23.5 Å². The molecule has 2 aliphatic rings. The summed E-state index contributed by atoms with van der Waals surface area (Å²) >= 11 is 4.12. The summed E-state index contributed by atoms with van der Waals surface area (Å²) in [6.45, 7) is 4.75. The van der Waals surface area contributed by atoms with Gasteiger partial charge in [0.05, 0.1) is 6.04 Å². The molecule has 2 atom stereocenters. The topological polar surface area (TPSA) is 12.0 Å². The predicted octanol–water partition coefficient (Wildman–Crippen LogP) is 7.18. The monoisotopic (exact) mass is 389 g/mol. The fourth-order valence-electron chi connectivity index (χ4n) is 4.56. The van der Waals surface area contributed by atoms with Gasteiger partial charge >= 0.3 is 0 Å². The highest BCUT2D eigenvalue weighted by Gasteiger charge is 2.54. The van der Waals surface area contributed by atoms with E-state index in [1.54, 1.807) is 0 Å². The largest absolute Gasteiger partial charge is 0.378 e. The number of hydrogen-bond donors (Lipinski definition) is 1. The number of anilines is 1. The maximum absolute atomic E-state index is 3.90. The molecule has 0 amide bonds. The number of rotatable bonds is 2. The molecule has 2 unspecified atom stereocenters. The van der Waals surface area contributed by atoms with Crippen LogP contribution in [0.4, 0.5) is 5.69 Å². The molecule has 1 spiro atoms. The third-order valence-electron chi connectivity index (χ3n) is 5.66. The van der Waals surface area contributed by atoms with Crippen molar-refractivity contribution in [3.63, 3.8) is 0 Å². The van der Waals surface area contributed by atoms with Crippen LogP contribution in [-0.2, 0) is 4.08 Å². The maximum atomic E-state index is 3.90. The number of fused-ring (bicyclic) bond motifs is 3. The fraction of sp³-hybridized carbons (Fsp3) is 0.250. The molecule has 1 nitrogen and oxygen atoms in total. The van der Waals surface area contributed by atoms with Gasteiger partial charge in [0.2, 0.25) is 0 Å². The summed E-state index contributed by atoms with van der Waals surface area (Å²) < 4.78 is 0.000203. The van der Waals surface area contributed by atoms with Gasteiger partial charge in [-0.05, 0) is 29.7 Å². The Morgan fingerprint density at radius 2 is 1.37 bits per heavy atom. The predicted molar refractivity (Wildman–Crippen MR) is 117 cm³/mol. The molecule has 0 aromatic heterocycles. The second-order valence-corrected chi connectivity index (χ2v) is 10.5. The highest BCUT2D eigenvalue weighted by molar-refractivity contribution is 8.20. The van der Waals surface area contributed by atoms with Crippen LogP contribution in [0.2, 0.25) is 0 Å². The summed E-state index contributed by atoms with van der Waals surface area (Å²) in [5.74, 6) is 1.02. The average molecular weight is 390 g/mol. The molecule has 2 aliphatic heterocycles. The SMILES string of the molecule is CC(C)C1C(c2ccccc2)Nc2ccccc2C12Sc1ccccc1S2. The number of benzene rings is 3. The molecule has 5 rings (SSSR count). The van der Waals surface area contributed by atoms with E-state index in [1.165, 1.54) is 26.6 Å². The van der Waals surface area contributed by atoms with Crippen LogP contribution in [0.3, 0.4) is 0 Å². The van der Waals surface area contributed by atoms with Gasteiger partial charge < -0.3 is 5.32 Å². The molecule has 0 radical (unpaired) electrons. The highest BCUT2D eigenvalue weighted by atomic mass is 32.2. The molecule has 0 saturated carbocycles. The van der Waals surface area contributed by atoms with Crippen molar-refractivity contribution in [1.29, 1.82) is 0 Å². The van der Waals surface area contributed by atoms with E-state index in [4.69, 9.17) is 0 Å². The maximum Gasteiger partial charge on any atom is 0.103 e. The van der Waals surface area contributed by atoms with Crippen LogP contribution in [0.1, 0.15) is 31.0 Å². The number of hydrogen-bond acceptors (Lipinski definition) is 3. The molecular formula is C24H23NS2. The Balaban J connectivity index is 1.72. The van der Waals surface area contributed by atoms with E-state index in [1.807, 2.05) is 0 Å². The van der Waals surface area contributed by atoms with Crippen LogP contribution in [0.15, 0.2) is 88.7 Å². The molecule has 27 heavy (non-hydrogen) atoms. The Morgan fingerprint density at radius 1 is 0.778 bits per heavy atom. The summed E-state index contributed by atoms with van der Waals surface area (Å²) in [4.78, 5) is 2.83. The molecule has 0 fully saturated rings. The van der Waals surface area contributed by atoms with E-state index in [0.717, 1.165) is 0 Å². The van der Waals surface area contributed by atoms with Crippen LogP contribution in [0, 0.1) is 11.8 Å². The lowest BCUT2D eigenvalue weighted by Gasteiger charge is -2.48. The third-order valence-corrected chi connectivity index (χ3v) is 9.03. The number of para-hydroxylation sites is 1. The first-order valence-electron chi connectivity index (χ1n) is 9.57. The molecule has 0 bridgehead atoms. The van der Waals surface area contributed by atoms with Crippen molar-refractivity contribution in [1.82, 2.24) is 0 Å². The smallest absolute Gasteiger partial charge is 0.103 e. The molecule has 0 aliphatic carbocycles. The molecular weight excluding hydrogens is 366 g/mol. The standard InChI is InChI=1S/C24H23NS2/c1-16(2)22-23(17-10-4-3-5-11-17)25-19-13-7-6-12-18(19)24(22)26-20-14-8-9-15-21(20)27-24/h3-16,22-23,25H,1-2H3. The van der Waals surface area contributed by atoms with E-state index >= 15 is 0 Å². The molecule has 1 N–H and O–H groups in total. The van der Waals surface area contributed by atoms with Crippen LogP contribution in [0.25, 0.3) is 0 Å². The zero-order chi connectivity index (χ0) is 18.4. The summed E-state index contributed by atoms with van der Waals surface area (Å²) in [7, 11) is 0. The van der Waals surface area contributed by atoms with E-state index in [0.29, 0.717) is 17.9 Å². The van der Waals surface area contributed by atoms with Gasteiger partial charge in [0.25, 0.3) is 0 Å². The minimum absolute atomic E-state index is 0.000203. The zero-order valence-electron chi connectivity index (χ0n) is 15.6. The van der Waals surface area contributed by atoms with Crippen molar-refractivity contribution in [2.24, 2.45) is 11.8 Å². The van der Waals surface area contributed by atoms with Crippen LogP contribution in [0.5, 0.6) is 0 Å². The van der Waals surface area contributed by atoms with Gasteiger partial charge in [-0.3, -0.25) is 0 Å². The van der Waals surface area contributed by atoms with Crippen molar-refractivity contribution in [3.05, 3.63) is 90.0 Å². The summed E-state index contributed by atoms with van der Waals surface area (Å²) in [6, 6.07) is 29.1. The third kappa shape index (κ3) is 2.71.